The highest BCUT2D eigenvalue weighted by molar-refractivity contribution is 14.0. The minimum atomic E-state index is 0. The molecule has 3 unspecified atom stereocenters. The minimum Gasteiger partial charge on any atom is -0.286 e. The molecule has 0 heterocycles. The molecule has 0 amide bonds. The van der Waals surface area contributed by atoms with Crippen molar-refractivity contribution >= 4 is 73.1 Å². The fraction of sp³-hybridized carbons (Fsp3) is 0.692. The van der Waals surface area contributed by atoms with Gasteiger partial charge in [0.05, 0.1) is 0 Å². The molecular weight excluding hydrogens is 556 g/mol. The van der Waals surface area contributed by atoms with Crippen molar-refractivity contribution in [2.45, 2.75) is 97.8 Å². The molecule has 10 heteroatoms. The number of nitrogens with zero attached hydrogens (tertiary/aromatic N) is 4. The zero-order chi connectivity index (χ0) is 23.6. The summed E-state index contributed by atoms with van der Waals surface area (Å²) in [5.41, 5.74) is 9.40. The molecule has 3 aliphatic rings. The van der Waals surface area contributed by atoms with Gasteiger partial charge in [-0.25, -0.2) is 0 Å². The van der Waals surface area contributed by atoms with Crippen molar-refractivity contribution in [2.75, 3.05) is 0 Å². The van der Waals surface area contributed by atoms with E-state index in [0.717, 1.165) is 56.3 Å². The van der Waals surface area contributed by atoms with Crippen LogP contribution in [0.15, 0.2) is 46.0 Å². The van der Waals surface area contributed by atoms with E-state index in [9.17, 15) is 0 Å². The van der Waals surface area contributed by atoms with E-state index in [1.165, 1.54) is 55.7 Å². The maximum atomic E-state index is 4.20. The van der Waals surface area contributed by atoms with Gasteiger partial charge in [-0.15, -0.1) is 24.0 Å². The molecule has 0 aromatic carbocycles. The van der Waals surface area contributed by atoms with Crippen molar-refractivity contribution in [3.8, 4) is 0 Å². The molecule has 0 aromatic rings. The van der Waals surface area contributed by atoms with E-state index in [4.69, 9.17) is 0 Å². The van der Waals surface area contributed by atoms with Gasteiger partial charge in [-0.1, -0.05) is 33.9 Å². The van der Waals surface area contributed by atoms with Crippen LogP contribution in [0.4, 0.5) is 0 Å². The van der Waals surface area contributed by atoms with Crippen LogP contribution < -0.4 is 10.9 Å². The Balaban J connectivity index is -0.000000202. The molecule has 36 heavy (non-hydrogen) atoms. The summed E-state index contributed by atoms with van der Waals surface area (Å²) in [6, 6.07) is 0. The Labute approximate surface area is 244 Å². The monoisotopic (exact) mass is 603 g/mol. The number of halogens is 1. The maximum absolute atomic E-state index is 4.20. The first-order valence-corrected chi connectivity index (χ1v) is 12.3. The summed E-state index contributed by atoms with van der Waals surface area (Å²) < 4.78 is 0. The number of hydrogen-bond acceptors (Lipinski definition) is 6. The van der Waals surface area contributed by atoms with Crippen LogP contribution in [0, 0.1) is 17.8 Å². The van der Waals surface area contributed by atoms with Crippen molar-refractivity contribution in [1.82, 2.24) is 10.9 Å². The average molecular weight is 603 g/mol. The molecule has 6 nitrogen and oxygen atoms in total. The van der Waals surface area contributed by atoms with E-state index in [2.05, 4.69) is 71.9 Å². The van der Waals surface area contributed by atoms with Crippen LogP contribution in [0.25, 0.3) is 0 Å². The minimum absolute atomic E-state index is 0. The predicted molar refractivity (Wildman–Crippen MR) is 174 cm³/mol. The van der Waals surface area contributed by atoms with Gasteiger partial charge in [0.2, 0.25) is 0 Å². The first-order chi connectivity index (χ1) is 15.5. The highest BCUT2D eigenvalue weighted by atomic mass is 127. The lowest BCUT2D eigenvalue weighted by Crippen LogP contribution is -2.14. The molecular formula is C26H47B3IN6. The molecule has 2 N–H and O–H groups in total. The van der Waals surface area contributed by atoms with Gasteiger partial charge in [-0.05, 0) is 94.8 Å². The first kappa shape index (κ1) is 41.8. The van der Waals surface area contributed by atoms with E-state index in [1.54, 1.807) is 12.4 Å². The second-order valence-electron chi connectivity index (χ2n) is 9.43. The van der Waals surface area contributed by atoms with Crippen molar-refractivity contribution in [2.24, 2.45) is 38.2 Å². The second-order valence-corrected chi connectivity index (χ2v) is 9.43. The van der Waals surface area contributed by atoms with Gasteiger partial charge in [-0.3, -0.25) is 10.9 Å². The quantitative estimate of drug-likeness (QED) is 0.168. The molecule has 0 aromatic heterocycles. The topological polar surface area (TPSA) is 73.5 Å². The van der Waals surface area contributed by atoms with Crippen LogP contribution in [0.5, 0.6) is 0 Å². The molecule has 3 aliphatic carbocycles. The third kappa shape index (κ3) is 20.8. The van der Waals surface area contributed by atoms with Gasteiger partial charge >= 0.3 is 0 Å². The van der Waals surface area contributed by atoms with Gasteiger partial charge in [-0.2, -0.15) is 20.4 Å². The van der Waals surface area contributed by atoms with Crippen LogP contribution in [-0.4, -0.2) is 49.1 Å². The smallest absolute Gasteiger partial charge is 0.0408 e. The van der Waals surface area contributed by atoms with Crippen LogP contribution in [0.1, 0.15) is 97.8 Å². The summed E-state index contributed by atoms with van der Waals surface area (Å²) in [7, 11) is 0. The Morgan fingerprint density at radius 1 is 0.667 bits per heavy atom. The van der Waals surface area contributed by atoms with Crippen LogP contribution in [-0.2, 0) is 0 Å². The standard InChI is InChI=1S/2C9H16N2.C8H14N2.3B.HI/c2*1-3-10-11-9-6-4-5-8(2)7-9;1-7-4-3-5-8(6-7)10-9-2;;;;/h2*3,8,10H,1,4-7H2,2H3;7H,2-6H2,1H3;;;;1H. The fourth-order valence-corrected chi connectivity index (χ4v) is 4.45. The van der Waals surface area contributed by atoms with E-state index < -0.39 is 0 Å². The Hall–Kier alpha value is -1.32. The van der Waals surface area contributed by atoms with Crippen LogP contribution >= 0.6 is 24.0 Å². The molecule has 0 spiro atoms. The molecule has 0 saturated heterocycles. The summed E-state index contributed by atoms with van der Waals surface area (Å²) in [6.45, 7) is 17.3. The number of hydrogen-bond donors (Lipinski definition) is 2. The average Bonchev–Trinajstić information content (AvgIpc) is 2.78. The largest absolute Gasteiger partial charge is 0.286 e. The lowest BCUT2D eigenvalue weighted by atomic mass is 9.89. The summed E-state index contributed by atoms with van der Waals surface area (Å²) in [6.07, 6.45) is 18.0. The van der Waals surface area contributed by atoms with Gasteiger partial charge < -0.3 is 0 Å². The molecule has 3 atom stereocenters. The van der Waals surface area contributed by atoms with Gasteiger partial charge in [0.25, 0.3) is 0 Å². The summed E-state index contributed by atoms with van der Waals surface area (Å²) >= 11 is 0. The molecule has 3 fully saturated rings. The molecule has 9 radical (unpaired) electrons. The van der Waals surface area contributed by atoms with Crippen LogP contribution in [0.2, 0.25) is 0 Å². The number of hydrazone groups is 2. The van der Waals surface area contributed by atoms with E-state index in [0.29, 0.717) is 0 Å². The summed E-state index contributed by atoms with van der Waals surface area (Å²) in [5, 5.41) is 15.9. The van der Waals surface area contributed by atoms with Crippen LogP contribution in [0.3, 0.4) is 0 Å². The third-order valence-electron chi connectivity index (χ3n) is 6.08. The lowest BCUT2D eigenvalue weighted by Gasteiger charge is -2.18. The Bertz CT molecular complexity index is 632. The van der Waals surface area contributed by atoms with E-state index in [1.807, 2.05) is 0 Å². The van der Waals surface area contributed by atoms with Crippen molar-refractivity contribution < 1.29 is 0 Å². The lowest BCUT2D eigenvalue weighted by molar-refractivity contribution is 0.498. The molecule has 3 saturated carbocycles. The van der Waals surface area contributed by atoms with Crippen molar-refractivity contribution in [3.63, 3.8) is 0 Å². The second kappa shape index (κ2) is 26.7. The van der Waals surface area contributed by atoms with Gasteiger partial charge in [0.15, 0.2) is 0 Å². The third-order valence-corrected chi connectivity index (χ3v) is 6.08. The Kier molecular flexibility index (Phi) is 31.0. The Morgan fingerprint density at radius 2 is 1.00 bits per heavy atom. The van der Waals surface area contributed by atoms with Gasteiger partial charge in [0.1, 0.15) is 0 Å². The van der Waals surface area contributed by atoms with Gasteiger partial charge in [0, 0.05) is 61.5 Å². The molecule has 197 valence electrons. The normalized spacial score (nSPS) is 25.9. The highest BCUT2D eigenvalue weighted by Crippen LogP contribution is 2.22. The van der Waals surface area contributed by atoms with E-state index >= 15 is 0 Å². The van der Waals surface area contributed by atoms with E-state index in [-0.39, 0.29) is 49.2 Å². The molecule has 3 rings (SSSR count). The number of nitrogens with one attached hydrogen (secondary N) is 2. The fourth-order valence-electron chi connectivity index (χ4n) is 4.45. The first-order valence-electron chi connectivity index (χ1n) is 12.3. The Morgan fingerprint density at radius 3 is 1.31 bits per heavy atom. The SMILES string of the molecule is C=CNN=C1CCCC(C)C1.C=CNN=C1CCCC(C)C1.C=NN=C1CCCC(C)C1.I.[B].[B].[B]. The highest BCUT2D eigenvalue weighted by Gasteiger charge is 2.14. The summed E-state index contributed by atoms with van der Waals surface area (Å²) in [5.74, 6) is 2.43. The zero-order valence-electron chi connectivity index (χ0n) is 22.9. The zero-order valence-corrected chi connectivity index (χ0v) is 25.3. The molecule has 0 bridgehead atoms. The predicted octanol–water partition coefficient (Wildman–Crippen LogP) is 6.30. The number of rotatable bonds is 5. The molecule has 0 aliphatic heterocycles. The maximum Gasteiger partial charge on any atom is 0.0408 e. The summed E-state index contributed by atoms with van der Waals surface area (Å²) in [4.78, 5) is 0. The van der Waals surface area contributed by atoms with Crippen molar-refractivity contribution in [1.29, 1.82) is 0 Å². The van der Waals surface area contributed by atoms with Crippen molar-refractivity contribution in [3.05, 3.63) is 25.6 Å².